The smallest absolute Gasteiger partial charge is 0.146 e. The summed E-state index contributed by atoms with van der Waals surface area (Å²) in [6, 6.07) is 12.3. The summed E-state index contributed by atoms with van der Waals surface area (Å²) in [5.41, 5.74) is 3.62. The second kappa shape index (κ2) is 6.97. The third-order valence-corrected chi connectivity index (χ3v) is 3.97. The molecule has 0 saturated heterocycles. The van der Waals surface area contributed by atoms with Crippen molar-refractivity contribution in [1.29, 1.82) is 0 Å². The molecule has 0 aliphatic heterocycles. The third-order valence-electron chi connectivity index (χ3n) is 3.67. The molecule has 0 radical (unpaired) electrons. The Balaban J connectivity index is 2.19. The third kappa shape index (κ3) is 3.99. The molecule has 3 heteroatoms. The normalized spacial score (nSPS) is 12.2. The summed E-state index contributed by atoms with van der Waals surface area (Å²) in [6.45, 7) is 9.31. The molecule has 2 aromatic carbocycles. The fourth-order valence-corrected chi connectivity index (χ4v) is 2.43. The highest BCUT2D eigenvalue weighted by Crippen LogP contribution is 2.32. The quantitative estimate of drug-likeness (QED) is 0.796. The second-order valence-electron chi connectivity index (χ2n) is 5.32. The molecule has 1 N–H and O–H groups in total. The molecular weight excluding hydrogens is 282 g/mol. The predicted molar refractivity (Wildman–Crippen MR) is 89.5 cm³/mol. The van der Waals surface area contributed by atoms with Crippen molar-refractivity contribution < 1.29 is 4.74 Å². The lowest BCUT2D eigenvalue weighted by Gasteiger charge is -2.15. The molecule has 2 aromatic rings. The first-order valence-electron chi connectivity index (χ1n) is 7.29. The van der Waals surface area contributed by atoms with E-state index in [4.69, 9.17) is 16.3 Å². The Morgan fingerprint density at radius 3 is 2.48 bits per heavy atom. The van der Waals surface area contributed by atoms with Crippen LogP contribution in [0.25, 0.3) is 0 Å². The highest BCUT2D eigenvalue weighted by atomic mass is 35.5. The SMILES string of the molecule is CCNC(C)c1ccc(Oc2ccc(C)c(C)c2)c(Cl)c1. The van der Waals surface area contributed by atoms with Gasteiger partial charge in [-0.25, -0.2) is 0 Å². The van der Waals surface area contributed by atoms with Gasteiger partial charge in [0, 0.05) is 6.04 Å². The zero-order valence-corrected chi connectivity index (χ0v) is 13.8. The maximum absolute atomic E-state index is 6.34. The first kappa shape index (κ1) is 15.9. The van der Waals surface area contributed by atoms with Gasteiger partial charge in [0.1, 0.15) is 11.5 Å². The lowest BCUT2D eigenvalue weighted by atomic mass is 10.1. The fourth-order valence-electron chi connectivity index (χ4n) is 2.20. The highest BCUT2D eigenvalue weighted by molar-refractivity contribution is 6.32. The number of hydrogen-bond donors (Lipinski definition) is 1. The van der Waals surface area contributed by atoms with Gasteiger partial charge in [0.25, 0.3) is 0 Å². The number of halogens is 1. The molecule has 2 nitrogen and oxygen atoms in total. The number of rotatable bonds is 5. The molecule has 0 heterocycles. The minimum atomic E-state index is 0.281. The van der Waals surface area contributed by atoms with E-state index in [-0.39, 0.29) is 6.04 Å². The van der Waals surface area contributed by atoms with Gasteiger partial charge in [0.15, 0.2) is 0 Å². The maximum Gasteiger partial charge on any atom is 0.146 e. The van der Waals surface area contributed by atoms with Crippen LogP contribution in [0.2, 0.25) is 5.02 Å². The summed E-state index contributed by atoms with van der Waals surface area (Å²) in [6.07, 6.45) is 0. The van der Waals surface area contributed by atoms with E-state index in [1.54, 1.807) is 0 Å². The van der Waals surface area contributed by atoms with Crippen molar-refractivity contribution >= 4 is 11.6 Å². The van der Waals surface area contributed by atoms with Gasteiger partial charge in [-0.05, 0) is 68.3 Å². The topological polar surface area (TPSA) is 21.3 Å². The summed E-state index contributed by atoms with van der Waals surface area (Å²) in [5.74, 6) is 1.50. The van der Waals surface area contributed by atoms with Gasteiger partial charge >= 0.3 is 0 Å². The first-order valence-corrected chi connectivity index (χ1v) is 7.67. The van der Waals surface area contributed by atoms with Gasteiger partial charge in [-0.1, -0.05) is 30.7 Å². The van der Waals surface area contributed by atoms with Crippen molar-refractivity contribution in [2.45, 2.75) is 33.7 Å². The zero-order valence-electron chi connectivity index (χ0n) is 13.0. The minimum absolute atomic E-state index is 0.281. The second-order valence-corrected chi connectivity index (χ2v) is 5.72. The van der Waals surface area contributed by atoms with Crippen LogP contribution in [0.4, 0.5) is 0 Å². The minimum Gasteiger partial charge on any atom is -0.456 e. The first-order chi connectivity index (χ1) is 10.0. The molecule has 2 rings (SSSR count). The molecule has 0 bridgehead atoms. The van der Waals surface area contributed by atoms with Crippen molar-refractivity contribution in [1.82, 2.24) is 5.32 Å². The molecular formula is C18H22ClNO. The van der Waals surface area contributed by atoms with Crippen molar-refractivity contribution in [2.75, 3.05) is 6.54 Å². The van der Waals surface area contributed by atoms with E-state index in [0.717, 1.165) is 17.9 Å². The molecule has 0 aliphatic carbocycles. The lowest BCUT2D eigenvalue weighted by Crippen LogP contribution is -2.17. The summed E-state index contributed by atoms with van der Waals surface area (Å²) in [4.78, 5) is 0. The molecule has 0 aromatic heterocycles. The van der Waals surface area contributed by atoms with E-state index in [0.29, 0.717) is 10.8 Å². The molecule has 112 valence electrons. The van der Waals surface area contributed by atoms with Crippen LogP contribution >= 0.6 is 11.6 Å². The van der Waals surface area contributed by atoms with Gasteiger partial charge in [0.05, 0.1) is 5.02 Å². The number of benzene rings is 2. The summed E-state index contributed by atoms with van der Waals surface area (Å²) in [5, 5.41) is 4.01. The van der Waals surface area contributed by atoms with Crippen LogP contribution in [0.1, 0.15) is 36.6 Å². The molecule has 0 spiro atoms. The lowest BCUT2D eigenvalue weighted by molar-refractivity contribution is 0.481. The molecule has 0 fully saturated rings. The van der Waals surface area contributed by atoms with Crippen molar-refractivity contribution in [3.05, 3.63) is 58.1 Å². The number of ether oxygens (including phenoxy) is 1. The van der Waals surface area contributed by atoms with Gasteiger partial charge in [0.2, 0.25) is 0 Å². The van der Waals surface area contributed by atoms with Crippen LogP contribution in [-0.4, -0.2) is 6.54 Å². The van der Waals surface area contributed by atoms with Gasteiger partial charge in [-0.3, -0.25) is 0 Å². The van der Waals surface area contributed by atoms with Crippen molar-refractivity contribution in [3.8, 4) is 11.5 Å². The monoisotopic (exact) mass is 303 g/mol. The standard InChI is InChI=1S/C18H22ClNO/c1-5-20-14(4)15-7-9-18(17(19)11-15)21-16-8-6-12(2)13(3)10-16/h6-11,14,20H,5H2,1-4H3. The summed E-state index contributed by atoms with van der Waals surface area (Å²) >= 11 is 6.34. The Morgan fingerprint density at radius 2 is 1.86 bits per heavy atom. The van der Waals surface area contributed by atoms with Crippen LogP contribution in [0.15, 0.2) is 36.4 Å². The van der Waals surface area contributed by atoms with E-state index in [1.165, 1.54) is 11.1 Å². The molecule has 21 heavy (non-hydrogen) atoms. The molecule has 0 aliphatic rings. The summed E-state index contributed by atoms with van der Waals surface area (Å²) in [7, 11) is 0. The largest absolute Gasteiger partial charge is 0.456 e. The van der Waals surface area contributed by atoms with E-state index in [1.807, 2.05) is 24.3 Å². The van der Waals surface area contributed by atoms with Crippen molar-refractivity contribution in [2.24, 2.45) is 0 Å². The highest BCUT2D eigenvalue weighted by Gasteiger charge is 2.09. The Morgan fingerprint density at radius 1 is 1.10 bits per heavy atom. The fraction of sp³-hybridized carbons (Fsp3) is 0.333. The summed E-state index contributed by atoms with van der Waals surface area (Å²) < 4.78 is 5.89. The maximum atomic E-state index is 6.34. The van der Waals surface area contributed by atoms with Gasteiger partial charge in [-0.15, -0.1) is 0 Å². The van der Waals surface area contributed by atoms with E-state index in [2.05, 4.69) is 45.1 Å². The van der Waals surface area contributed by atoms with E-state index >= 15 is 0 Å². The average molecular weight is 304 g/mol. The van der Waals surface area contributed by atoms with E-state index in [9.17, 15) is 0 Å². The molecule has 1 unspecified atom stereocenters. The van der Waals surface area contributed by atoms with Crippen LogP contribution in [0.3, 0.4) is 0 Å². The Labute approximate surface area is 132 Å². The molecule has 0 amide bonds. The zero-order chi connectivity index (χ0) is 15.4. The van der Waals surface area contributed by atoms with Crippen LogP contribution in [0.5, 0.6) is 11.5 Å². The molecule has 0 saturated carbocycles. The van der Waals surface area contributed by atoms with Crippen LogP contribution < -0.4 is 10.1 Å². The molecule has 1 atom stereocenters. The number of nitrogens with one attached hydrogen (secondary N) is 1. The Hall–Kier alpha value is -1.51. The number of hydrogen-bond acceptors (Lipinski definition) is 2. The van der Waals surface area contributed by atoms with Crippen molar-refractivity contribution in [3.63, 3.8) is 0 Å². The van der Waals surface area contributed by atoms with Crippen LogP contribution in [-0.2, 0) is 0 Å². The van der Waals surface area contributed by atoms with Crippen LogP contribution in [0, 0.1) is 13.8 Å². The average Bonchev–Trinajstić information content (AvgIpc) is 2.45. The Kier molecular flexibility index (Phi) is 5.27. The predicted octanol–water partition coefficient (Wildman–Crippen LogP) is 5.42. The van der Waals surface area contributed by atoms with Gasteiger partial charge in [-0.2, -0.15) is 0 Å². The van der Waals surface area contributed by atoms with Gasteiger partial charge < -0.3 is 10.1 Å². The Bertz CT molecular complexity index is 625. The van der Waals surface area contributed by atoms with E-state index < -0.39 is 0 Å². The number of aryl methyl sites for hydroxylation is 2.